The quantitative estimate of drug-likeness (QED) is 0.436. The zero-order chi connectivity index (χ0) is 24.8. The van der Waals surface area contributed by atoms with Crippen LogP contribution in [0.3, 0.4) is 0 Å². The Hall–Kier alpha value is -3.66. The summed E-state index contributed by atoms with van der Waals surface area (Å²) in [5.41, 5.74) is 0. The number of rotatable bonds is 7. The number of ether oxygens (including phenoxy) is 6. The molecule has 5 atom stereocenters. The van der Waals surface area contributed by atoms with Crippen LogP contribution in [0.5, 0.6) is 5.75 Å². The maximum Gasteiger partial charge on any atom is 0.303 e. The number of hydrogen-bond acceptors (Lipinski definition) is 10. The smallest absolute Gasteiger partial charge is 0.303 e. The van der Waals surface area contributed by atoms with Gasteiger partial charge in [-0.1, -0.05) is 30.3 Å². The van der Waals surface area contributed by atoms with Gasteiger partial charge in [0.15, 0.2) is 12.2 Å². The minimum atomic E-state index is -1.29. The highest BCUT2D eigenvalue weighted by atomic mass is 16.7. The van der Waals surface area contributed by atoms with Gasteiger partial charge in [-0.15, -0.1) is 0 Å². The first-order chi connectivity index (χ1) is 16.1. The highest BCUT2D eigenvalue weighted by Gasteiger charge is 2.53. The minimum Gasteiger partial charge on any atom is -0.463 e. The normalized spacial score (nSPS) is 24.1. The number of hydrogen-bond donors (Lipinski definition) is 0. The van der Waals surface area contributed by atoms with E-state index in [4.69, 9.17) is 28.4 Å². The van der Waals surface area contributed by atoms with Gasteiger partial charge in [-0.25, -0.2) is 0 Å². The Bertz CT molecular complexity index is 1060. The van der Waals surface area contributed by atoms with Crippen LogP contribution in [0.2, 0.25) is 0 Å². The van der Waals surface area contributed by atoms with Gasteiger partial charge in [-0.3, -0.25) is 19.2 Å². The fraction of sp³-hybridized carbons (Fsp3) is 0.417. The molecule has 0 aliphatic carbocycles. The lowest BCUT2D eigenvalue weighted by Gasteiger charge is -2.43. The molecule has 0 radical (unpaired) electrons. The first kappa shape index (κ1) is 25.0. The second kappa shape index (κ2) is 11.0. The molecule has 0 spiro atoms. The Morgan fingerprint density at radius 3 is 1.94 bits per heavy atom. The summed E-state index contributed by atoms with van der Waals surface area (Å²) in [6, 6.07) is 12.9. The van der Waals surface area contributed by atoms with Gasteiger partial charge in [0.05, 0.1) is 0 Å². The van der Waals surface area contributed by atoms with E-state index in [1.54, 1.807) is 12.1 Å². The molecule has 34 heavy (non-hydrogen) atoms. The van der Waals surface area contributed by atoms with Crippen LogP contribution in [-0.4, -0.2) is 61.2 Å². The Morgan fingerprint density at radius 2 is 1.32 bits per heavy atom. The van der Waals surface area contributed by atoms with E-state index in [9.17, 15) is 19.2 Å². The largest absolute Gasteiger partial charge is 0.463 e. The van der Waals surface area contributed by atoms with Crippen LogP contribution in [0.15, 0.2) is 42.5 Å². The SMILES string of the molecule is CC(=O)OC[C@H]1O[C@H](Oc2ccc3ccccc3c2)[C@@H](OC(C)=O)[C@@H](OC(C)=O)[C@@H]1OC(C)=O. The second-order valence-electron chi connectivity index (χ2n) is 7.69. The zero-order valence-electron chi connectivity index (χ0n) is 19.2. The van der Waals surface area contributed by atoms with Gasteiger partial charge in [-0.2, -0.15) is 0 Å². The molecule has 182 valence electrons. The standard InChI is InChI=1S/C24H26O10/c1-13(25)29-12-20-21(30-14(2)26)22(31-15(3)27)23(32-16(4)28)24(34-20)33-19-10-9-17-7-5-6-8-18(17)11-19/h5-11,20-24H,12H2,1-4H3/t20-,21-,22+,23+,24+/m1/s1. The van der Waals surface area contributed by atoms with Crippen molar-refractivity contribution in [1.29, 1.82) is 0 Å². The van der Waals surface area contributed by atoms with Crippen LogP contribution in [0, 0.1) is 0 Å². The maximum atomic E-state index is 11.9. The van der Waals surface area contributed by atoms with Crippen LogP contribution >= 0.6 is 0 Å². The Kier molecular flexibility index (Phi) is 8.06. The Morgan fingerprint density at radius 1 is 0.735 bits per heavy atom. The third-order valence-electron chi connectivity index (χ3n) is 4.92. The third kappa shape index (κ3) is 6.44. The van der Waals surface area contributed by atoms with Crippen molar-refractivity contribution < 1.29 is 47.6 Å². The average molecular weight is 474 g/mol. The van der Waals surface area contributed by atoms with Crippen molar-refractivity contribution >= 4 is 34.6 Å². The van der Waals surface area contributed by atoms with Crippen molar-refractivity contribution in [2.75, 3.05) is 6.61 Å². The molecular formula is C24H26O10. The summed E-state index contributed by atoms with van der Waals surface area (Å²) in [7, 11) is 0. The lowest BCUT2D eigenvalue weighted by atomic mass is 9.98. The molecule has 0 amide bonds. The van der Waals surface area contributed by atoms with E-state index in [-0.39, 0.29) is 6.61 Å². The van der Waals surface area contributed by atoms with E-state index in [1.165, 1.54) is 13.8 Å². The molecule has 0 saturated carbocycles. The van der Waals surface area contributed by atoms with Crippen LogP contribution in [0.1, 0.15) is 27.7 Å². The lowest BCUT2D eigenvalue weighted by Crippen LogP contribution is -2.63. The van der Waals surface area contributed by atoms with E-state index < -0.39 is 54.6 Å². The molecule has 1 aliphatic rings. The molecule has 1 saturated heterocycles. The van der Waals surface area contributed by atoms with E-state index in [0.717, 1.165) is 24.6 Å². The van der Waals surface area contributed by atoms with Crippen molar-refractivity contribution in [2.24, 2.45) is 0 Å². The van der Waals surface area contributed by atoms with Gasteiger partial charge < -0.3 is 28.4 Å². The fourth-order valence-corrected chi connectivity index (χ4v) is 3.66. The molecular weight excluding hydrogens is 448 g/mol. The van der Waals surface area contributed by atoms with Crippen molar-refractivity contribution in [3.63, 3.8) is 0 Å². The third-order valence-corrected chi connectivity index (χ3v) is 4.92. The van der Waals surface area contributed by atoms with Crippen molar-refractivity contribution in [2.45, 2.75) is 58.4 Å². The Labute approximate surface area is 196 Å². The molecule has 0 N–H and O–H groups in total. The molecule has 10 heteroatoms. The molecule has 10 nitrogen and oxygen atoms in total. The van der Waals surface area contributed by atoms with Crippen LogP contribution in [-0.2, 0) is 42.9 Å². The van der Waals surface area contributed by atoms with E-state index in [0.29, 0.717) is 5.75 Å². The summed E-state index contributed by atoms with van der Waals surface area (Å²) in [5.74, 6) is -2.31. The number of fused-ring (bicyclic) bond motifs is 1. The summed E-state index contributed by atoms with van der Waals surface area (Å²) < 4.78 is 33.1. The molecule has 0 unspecified atom stereocenters. The zero-order valence-corrected chi connectivity index (χ0v) is 19.2. The fourth-order valence-electron chi connectivity index (χ4n) is 3.66. The first-order valence-electron chi connectivity index (χ1n) is 10.6. The van der Waals surface area contributed by atoms with E-state index in [2.05, 4.69) is 0 Å². The number of benzene rings is 2. The van der Waals surface area contributed by atoms with Crippen molar-refractivity contribution in [3.8, 4) is 5.75 Å². The minimum absolute atomic E-state index is 0.324. The molecule has 1 fully saturated rings. The maximum absolute atomic E-state index is 11.9. The summed E-state index contributed by atoms with van der Waals surface area (Å²) in [6.45, 7) is 4.37. The van der Waals surface area contributed by atoms with Gasteiger partial charge in [0.25, 0.3) is 0 Å². The monoisotopic (exact) mass is 474 g/mol. The van der Waals surface area contributed by atoms with Crippen molar-refractivity contribution in [1.82, 2.24) is 0 Å². The van der Waals surface area contributed by atoms with Crippen molar-refractivity contribution in [3.05, 3.63) is 42.5 Å². The molecule has 2 aromatic carbocycles. The summed E-state index contributed by atoms with van der Waals surface area (Å²) in [6.07, 6.45) is -6.16. The van der Waals surface area contributed by atoms with Gasteiger partial charge >= 0.3 is 23.9 Å². The highest BCUT2D eigenvalue weighted by Crippen LogP contribution is 2.31. The van der Waals surface area contributed by atoms with E-state index >= 15 is 0 Å². The molecule has 1 aliphatic heterocycles. The van der Waals surface area contributed by atoms with Gasteiger partial charge in [0, 0.05) is 27.7 Å². The predicted octanol–water partition coefficient (Wildman–Crippen LogP) is 2.30. The number of carbonyl (C=O) groups excluding carboxylic acids is 4. The molecule has 3 rings (SSSR count). The van der Waals surface area contributed by atoms with Crippen LogP contribution in [0.25, 0.3) is 10.8 Å². The first-order valence-corrected chi connectivity index (χ1v) is 10.6. The summed E-state index contributed by atoms with van der Waals surface area (Å²) >= 11 is 0. The van der Waals surface area contributed by atoms with E-state index in [1.807, 2.05) is 30.3 Å². The van der Waals surface area contributed by atoms with Gasteiger partial charge in [-0.05, 0) is 22.9 Å². The predicted molar refractivity (Wildman–Crippen MR) is 117 cm³/mol. The summed E-state index contributed by atoms with van der Waals surface area (Å²) in [5, 5.41) is 1.88. The Balaban J connectivity index is 1.98. The average Bonchev–Trinajstić information content (AvgIpc) is 2.75. The molecule has 0 bridgehead atoms. The van der Waals surface area contributed by atoms with Crippen LogP contribution < -0.4 is 4.74 Å². The second-order valence-corrected chi connectivity index (χ2v) is 7.69. The molecule has 2 aromatic rings. The molecule has 0 aromatic heterocycles. The lowest BCUT2D eigenvalue weighted by molar-refractivity contribution is -0.288. The highest BCUT2D eigenvalue weighted by molar-refractivity contribution is 5.83. The summed E-state index contributed by atoms with van der Waals surface area (Å²) in [4.78, 5) is 47.0. The number of carbonyl (C=O) groups is 4. The van der Waals surface area contributed by atoms with Gasteiger partial charge in [0.1, 0.15) is 18.5 Å². The van der Waals surface area contributed by atoms with Crippen LogP contribution in [0.4, 0.5) is 0 Å². The topological polar surface area (TPSA) is 124 Å². The van der Waals surface area contributed by atoms with Gasteiger partial charge in [0.2, 0.25) is 12.4 Å². The number of esters is 4. The molecule has 1 heterocycles.